The van der Waals surface area contributed by atoms with E-state index in [0.717, 1.165) is 11.0 Å². The standard InChI is InChI=1S/C11H8BrF3N4O2/c12-9(11(13,14)15)5-18-6-16-10(17-18)7-2-1-3-8(4-7)19(20)21/h1-4,6,9H,5H2. The molecular weight excluding hydrogens is 357 g/mol. The lowest BCUT2D eigenvalue weighted by molar-refractivity contribution is -0.384. The SMILES string of the molecule is O=[N+]([O-])c1cccc(-c2ncn(CC(Br)C(F)(F)F)n2)c1. The normalized spacial score (nSPS) is 13.1. The molecule has 0 fully saturated rings. The summed E-state index contributed by atoms with van der Waals surface area (Å²) in [6, 6.07) is 5.56. The summed E-state index contributed by atoms with van der Waals surface area (Å²) in [4.78, 5) is 12.2. The van der Waals surface area contributed by atoms with Crippen LogP contribution in [0.1, 0.15) is 0 Å². The Morgan fingerprint density at radius 2 is 2.14 bits per heavy atom. The third-order valence-corrected chi connectivity index (χ3v) is 3.36. The van der Waals surface area contributed by atoms with Gasteiger partial charge in [0.25, 0.3) is 5.69 Å². The van der Waals surface area contributed by atoms with E-state index >= 15 is 0 Å². The van der Waals surface area contributed by atoms with Crippen molar-refractivity contribution in [2.24, 2.45) is 0 Å². The molecule has 0 bridgehead atoms. The Balaban J connectivity index is 2.20. The van der Waals surface area contributed by atoms with Crippen molar-refractivity contribution < 1.29 is 18.1 Å². The van der Waals surface area contributed by atoms with Crippen LogP contribution in [0.5, 0.6) is 0 Å². The van der Waals surface area contributed by atoms with Crippen molar-refractivity contribution in [1.82, 2.24) is 14.8 Å². The van der Waals surface area contributed by atoms with Crippen LogP contribution in [0.2, 0.25) is 0 Å². The summed E-state index contributed by atoms with van der Waals surface area (Å²) in [5.74, 6) is 0.126. The molecular formula is C11H8BrF3N4O2. The van der Waals surface area contributed by atoms with E-state index < -0.39 is 22.5 Å². The second-order valence-corrected chi connectivity index (χ2v) is 5.21. The molecule has 0 aliphatic heterocycles. The van der Waals surface area contributed by atoms with Crippen molar-refractivity contribution in [3.05, 3.63) is 40.7 Å². The Bertz CT molecular complexity index is 659. The first-order valence-electron chi connectivity index (χ1n) is 5.62. The number of hydrogen-bond donors (Lipinski definition) is 0. The Kier molecular flexibility index (Phi) is 4.26. The summed E-state index contributed by atoms with van der Waals surface area (Å²) in [5.41, 5.74) is 0.221. The minimum Gasteiger partial charge on any atom is -0.258 e. The van der Waals surface area contributed by atoms with E-state index in [4.69, 9.17) is 0 Å². The van der Waals surface area contributed by atoms with Crippen LogP contribution in [0.4, 0.5) is 18.9 Å². The Morgan fingerprint density at radius 1 is 1.43 bits per heavy atom. The number of benzene rings is 1. The fourth-order valence-corrected chi connectivity index (χ4v) is 1.84. The summed E-state index contributed by atoms with van der Waals surface area (Å²) < 4.78 is 38.3. The number of non-ortho nitro benzene ring substituents is 1. The second kappa shape index (κ2) is 5.80. The van der Waals surface area contributed by atoms with Crippen molar-refractivity contribution in [2.75, 3.05) is 0 Å². The largest absolute Gasteiger partial charge is 0.403 e. The smallest absolute Gasteiger partial charge is 0.258 e. The maximum absolute atomic E-state index is 12.4. The predicted molar refractivity (Wildman–Crippen MR) is 70.9 cm³/mol. The first-order chi connectivity index (χ1) is 9.77. The lowest BCUT2D eigenvalue weighted by atomic mass is 10.2. The Morgan fingerprint density at radius 3 is 2.76 bits per heavy atom. The molecule has 1 unspecified atom stereocenters. The molecule has 21 heavy (non-hydrogen) atoms. The summed E-state index contributed by atoms with van der Waals surface area (Å²) in [5, 5.41) is 14.6. The molecule has 1 aromatic heterocycles. The van der Waals surface area contributed by atoms with Crippen LogP contribution in [-0.4, -0.2) is 30.7 Å². The third-order valence-electron chi connectivity index (χ3n) is 2.55. The first-order valence-corrected chi connectivity index (χ1v) is 6.54. The molecule has 0 amide bonds. The molecule has 1 atom stereocenters. The van der Waals surface area contributed by atoms with Gasteiger partial charge in [-0.25, -0.2) is 4.98 Å². The van der Waals surface area contributed by atoms with Gasteiger partial charge in [0.2, 0.25) is 0 Å². The molecule has 0 N–H and O–H groups in total. The zero-order valence-electron chi connectivity index (χ0n) is 10.3. The highest BCUT2D eigenvalue weighted by atomic mass is 79.9. The summed E-state index contributed by atoms with van der Waals surface area (Å²) in [6.07, 6.45) is -3.24. The number of aromatic nitrogens is 3. The molecule has 112 valence electrons. The van der Waals surface area contributed by atoms with E-state index in [-0.39, 0.29) is 11.5 Å². The van der Waals surface area contributed by atoms with Crippen LogP contribution in [0, 0.1) is 10.1 Å². The van der Waals surface area contributed by atoms with E-state index in [1.165, 1.54) is 18.2 Å². The van der Waals surface area contributed by atoms with Gasteiger partial charge in [-0.15, -0.1) is 0 Å². The fourth-order valence-electron chi connectivity index (χ4n) is 1.54. The Labute approximate surface area is 124 Å². The highest BCUT2D eigenvalue weighted by Crippen LogP contribution is 2.27. The zero-order chi connectivity index (χ0) is 15.6. The number of halogens is 4. The van der Waals surface area contributed by atoms with Crippen LogP contribution >= 0.6 is 15.9 Å². The summed E-state index contributed by atoms with van der Waals surface area (Å²) >= 11 is 2.53. The maximum Gasteiger partial charge on any atom is 0.403 e. The lowest BCUT2D eigenvalue weighted by Gasteiger charge is -2.12. The zero-order valence-corrected chi connectivity index (χ0v) is 11.9. The highest BCUT2D eigenvalue weighted by molar-refractivity contribution is 9.09. The van der Waals surface area contributed by atoms with Gasteiger partial charge in [-0.1, -0.05) is 28.1 Å². The van der Waals surface area contributed by atoms with E-state index in [1.807, 2.05) is 0 Å². The number of nitro benzene ring substituents is 1. The number of nitrogens with zero attached hydrogens (tertiary/aromatic N) is 4. The summed E-state index contributed by atoms with van der Waals surface area (Å²) in [7, 11) is 0. The number of nitro groups is 1. The second-order valence-electron chi connectivity index (χ2n) is 4.11. The van der Waals surface area contributed by atoms with Crippen LogP contribution in [0.25, 0.3) is 11.4 Å². The van der Waals surface area contributed by atoms with Crippen LogP contribution in [-0.2, 0) is 6.54 Å². The van der Waals surface area contributed by atoms with Gasteiger partial charge in [0.1, 0.15) is 11.2 Å². The van der Waals surface area contributed by atoms with Gasteiger partial charge in [-0.05, 0) is 0 Å². The predicted octanol–water partition coefficient (Wildman–Crippen LogP) is 3.18. The minimum atomic E-state index is -4.39. The topological polar surface area (TPSA) is 73.8 Å². The van der Waals surface area contributed by atoms with E-state index in [2.05, 4.69) is 26.0 Å². The van der Waals surface area contributed by atoms with E-state index in [0.29, 0.717) is 5.56 Å². The van der Waals surface area contributed by atoms with E-state index in [9.17, 15) is 23.3 Å². The molecule has 0 aliphatic carbocycles. The first kappa shape index (κ1) is 15.4. The van der Waals surface area contributed by atoms with Crippen molar-refractivity contribution in [3.8, 4) is 11.4 Å². The van der Waals surface area contributed by atoms with Crippen molar-refractivity contribution >= 4 is 21.6 Å². The molecule has 0 spiro atoms. The fraction of sp³-hybridized carbons (Fsp3) is 0.273. The average molecular weight is 365 g/mol. The lowest BCUT2D eigenvalue weighted by Crippen LogP contribution is -2.27. The van der Waals surface area contributed by atoms with Crippen LogP contribution < -0.4 is 0 Å². The van der Waals surface area contributed by atoms with Gasteiger partial charge in [0, 0.05) is 17.7 Å². The Hall–Kier alpha value is -1.97. The van der Waals surface area contributed by atoms with Crippen LogP contribution in [0.15, 0.2) is 30.6 Å². The van der Waals surface area contributed by atoms with Gasteiger partial charge in [-0.2, -0.15) is 18.3 Å². The van der Waals surface area contributed by atoms with Crippen molar-refractivity contribution in [1.29, 1.82) is 0 Å². The molecule has 2 aromatic rings. The van der Waals surface area contributed by atoms with Crippen molar-refractivity contribution in [3.63, 3.8) is 0 Å². The van der Waals surface area contributed by atoms with E-state index in [1.54, 1.807) is 6.07 Å². The number of hydrogen-bond acceptors (Lipinski definition) is 4. The molecule has 10 heteroatoms. The van der Waals surface area contributed by atoms with Gasteiger partial charge in [0.05, 0.1) is 11.5 Å². The molecule has 1 heterocycles. The van der Waals surface area contributed by atoms with Crippen molar-refractivity contribution in [2.45, 2.75) is 17.5 Å². The minimum absolute atomic E-state index is 0.126. The molecule has 0 saturated heterocycles. The monoisotopic (exact) mass is 364 g/mol. The number of alkyl halides is 4. The van der Waals surface area contributed by atoms with Gasteiger partial charge < -0.3 is 0 Å². The maximum atomic E-state index is 12.4. The molecule has 1 aromatic carbocycles. The molecule has 2 rings (SSSR count). The van der Waals surface area contributed by atoms with Gasteiger partial charge in [-0.3, -0.25) is 14.8 Å². The van der Waals surface area contributed by atoms with Gasteiger partial charge >= 0.3 is 6.18 Å². The van der Waals surface area contributed by atoms with Gasteiger partial charge in [0.15, 0.2) is 5.82 Å². The molecule has 0 saturated carbocycles. The third kappa shape index (κ3) is 3.78. The average Bonchev–Trinajstić information content (AvgIpc) is 2.86. The number of rotatable bonds is 4. The molecule has 6 nitrogen and oxygen atoms in total. The quantitative estimate of drug-likeness (QED) is 0.474. The van der Waals surface area contributed by atoms with Crippen LogP contribution in [0.3, 0.4) is 0 Å². The molecule has 0 radical (unpaired) electrons. The summed E-state index contributed by atoms with van der Waals surface area (Å²) in [6.45, 7) is -0.439. The highest BCUT2D eigenvalue weighted by Gasteiger charge is 2.38. The molecule has 0 aliphatic rings.